The SMILES string of the molecule is O=C(N[C@H]1CC2(C1)C[C@H](c1n[nH]c(=O)c3ccccc31)C2)c1cnn2cccc(Br)c12. The van der Waals surface area contributed by atoms with Gasteiger partial charge in [0.05, 0.1) is 28.4 Å². The van der Waals surface area contributed by atoms with Crippen LogP contribution in [0.4, 0.5) is 0 Å². The third-order valence-corrected chi connectivity index (χ3v) is 7.54. The van der Waals surface area contributed by atoms with Crippen molar-refractivity contribution in [2.75, 3.05) is 0 Å². The first-order valence-corrected chi connectivity index (χ1v) is 11.2. The van der Waals surface area contributed by atoms with Crippen LogP contribution in [0, 0.1) is 5.41 Å². The van der Waals surface area contributed by atoms with Gasteiger partial charge in [-0.1, -0.05) is 18.2 Å². The van der Waals surface area contributed by atoms with Crippen LogP contribution in [0.1, 0.15) is 47.7 Å². The van der Waals surface area contributed by atoms with E-state index in [1.54, 1.807) is 10.7 Å². The Balaban J connectivity index is 1.13. The van der Waals surface area contributed by atoms with Crippen LogP contribution in [0.15, 0.2) is 58.1 Å². The molecule has 31 heavy (non-hydrogen) atoms. The molecule has 0 bridgehead atoms. The van der Waals surface area contributed by atoms with Crippen LogP contribution in [-0.2, 0) is 0 Å². The van der Waals surface area contributed by atoms with E-state index in [2.05, 4.69) is 36.5 Å². The number of nitrogens with zero attached hydrogens (tertiary/aromatic N) is 3. The molecule has 1 spiro atoms. The van der Waals surface area contributed by atoms with Crippen LogP contribution in [0.2, 0.25) is 0 Å². The zero-order valence-electron chi connectivity index (χ0n) is 16.6. The molecule has 3 heterocycles. The minimum absolute atomic E-state index is 0.0779. The summed E-state index contributed by atoms with van der Waals surface area (Å²) >= 11 is 3.51. The van der Waals surface area contributed by atoms with Gasteiger partial charge in [0.1, 0.15) is 0 Å². The van der Waals surface area contributed by atoms with Gasteiger partial charge in [-0.2, -0.15) is 10.2 Å². The molecule has 2 aliphatic carbocycles. The van der Waals surface area contributed by atoms with Gasteiger partial charge in [-0.05, 0) is 65.2 Å². The molecule has 0 atom stereocenters. The fraction of sp³-hybridized carbons (Fsp3) is 0.304. The fourth-order valence-electron chi connectivity index (χ4n) is 5.48. The van der Waals surface area contributed by atoms with E-state index in [1.165, 1.54) is 0 Å². The number of halogens is 1. The highest BCUT2D eigenvalue weighted by Crippen LogP contribution is 2.62. The van der Waals surface area contributed by atoms with Crippen molar-refractivity contribution < 1.29 is 4.79 Å². The maximum atomic E-state index is 12.8. The first kappa shape index (κ1) is 18.7. The van der Waals surface area contributed by atoms with Crippen molar-refractivity contribution in [2.45, 2.75) is 37.6 Å². The Hall–Kier alpha value is -3.00. The van der Waals surface area contributed by atoms with Crippen LogP contribution in [0.25, 0.3) is 16.3 Å². The van der Waals surface area contributed by atoms with Crippen molar-refractivity contribution in [1.29, 1.82) is 0 Å². The van der Waals surface area contributed by atoms with E-state index in [1.807, 2.05) is 42.6 Å². The van der Waals surface area contributed by atoms with Crippen LogP contribution in [-0.4, -0.2) is 31.8 Å². The number of aromatic nitrogens is 4. The summed E-state index contributed by atoms with van der Waals surface area (Å²) in [5, 5.41) is 16.1. The quantitative estimate of drug-likeness (QED) is 0.469. The Kier molecular flexibility index (Phi) is 4.08. The first-order valence-electron chi connectivity index (χ1n) is 10.4. The van der Waals surface area contributed by atoms with E-state index in [0.717, 1.165) is 46.8 Å². The second kappa shape index (κ2) is 6.75. The van der Waals surface area contributed by atoms with Crippen LogP contribution in [0.3, 0.4) is 0 Å². The van der Waals surface area contributed by atoms with Gasteiger partial charge < -0.3 is 5.32 Å². The Bertz CT molecular complexity index is 1390. The molecular formula is C23H20BrN5O2. The molecule has 2 aliphatic rings. The van der Waals surface area contributed by atoms with Crippen LogP contribution < -0.4 is 10.9 Å². The van der Waals surface area contributed by atoms with Crippen molar-refractivity contribution >= 4 is 38.1 Å². The highest BCUT2D eigenvalue weighted by Gasteiger charge is 2.54. The summed E-state index contributed by atoms with van der Waals surface area (Å²) in [5.41, 5.74) is 2.50. The third kappa shape index (κ3) is 2.92. The molecule has 2 fully saturated rings. The topological polar surface area (TPSA) is 92.1 Å². The summed E-state index contributed by atoms with van der Waals surface area (Å²) in [6.45, 7) is 0. The van der Waals surface area contributed by atoms with Crippen molar-refractivity contribution in [3.05, 3.63) is 74.9 Å². The summed E-state index contributed by atoms with van der Waals surface area (Å²) in [5.74, 6) is 0.278. The molecule has 4 aromatic rings. The second-order valence-corrected chi connectivity index (χ2v) is 9.73. The standard InChI is InChI=1S/C23H20BrN5O2/c24-18-6-3-7-29-20(18)17(12-25-29)21(30)26-14-10-23(11-14)8-13(9-23)19-15-4-1-2-5-16(15)22(31)28-27-19/h1-7,12-14H,8-11H2,(H,26,30)(H,28,31)/t13-,14-,23?. The third-order valence-electron chi connectivity index (χ3n) is 6.90. The van der Waals surface area contributed by atoms with E-state index in [9.17, 15) is 9.59 Å². The monoisotopic (exact) mass is 477 g/mol. The number of hydrogen-bond acceptors (Lipinski definition) is 4. The Morgan fingerprint density at radius 1 is 1.13 bits per heavy atom. The lowest BCUT2D eigenvalue weighted by atomic mass is 9.49. The number of nitrogens with one attached hydrogen (secondary N) is 2. The Morgan fingerprint density at radius 3 is 2.71 bits per heavy atom. The molecule has 2 saturated carbocycles. The number of carbonyl (C=O) groups is 1. The molecule has 6 rings (SSSR count). The van der Waals surface area contributed by atoms with Crippen molar-refractivity contribution in [3.63, 3.8) is 0 Å². The van der Waals surface area contributed by atoms with Gasteiger partial charge in [0.25, 0.3) is 11.5 Å². The number of aromatic amines is 1. The summed E-state index contributed by atoms with van der Waals surface area (Å²) in [4.78, 5) is 24.9. The molecule has 156 valence electrons. The van der Waals surface area contributed by atoms with Crippen LogP contribution >= 0.6 is 15.9 Å². The predicted octanol–water partition coefficient (Wildman–Crippen LogP) is 3.79. The largest absolute Gasteiger partial charge is 0.349 e. The molecule has 3 aromatic heterocycles. The smallest absolute Gasteiger partial charge is 0.272 e. The van der Waals surface area contributed by atoms with Gasteiger partial charge in [0, 0.05) is 28.0 Å². The van der Waals surface area contributed by atoms with E-state index in [4.69, 9.17) is 0 Å². The van der Waals surface area contributed by atoms with Gasteiger partial charge in [-0.25, -0.2) is 9.61 Å². The second-order valence-electron chi connectivity index (χ2n) is 8.87. The summed E-state index contributed by atoms with van der Waals surface area (Å²) in [6.07, 6.45) is 7.51. The van der Waals surface area contributed by atoms with E-state index < -0.39 is 0 Å². The summed E-state index contributed by atoms with van der Waals surface area (Å²) in [7, 11) is 0. The van der Waals surface area contributed by atoms with Gasteiger partial charge in [-0.15, -0.1) is 0 Å². The molecule has 8 heteroatoms. The zero-order valence-corrected chi connectivity index (χ0v) is 18.2. The Labute approximate surface area is 186 Å². The highest BCUT2D eigenvalue weighted by atomic mass is 79.9. The van der Waals surface area contributed by atoms with Crippen molar-refractivity contribution in [3.8, 4) is 0 Å². The molecule has 2 N–H and O–H groups in total. The van der Waals surface area contributed by atoms with E-state index in [-0.39, 0.29) is 22.9 Å². The molecular weight excluding hydrogens is 458 g/mol. The molecule has 1 amide bonds. The lowest BCUT2D eigenvalue weighted by molar-refractivity contribution is -0.0196. The number of pyridine rings is 1. The van der Waals surface area contributed by atoms with E-state index in [0.29, 0.717) is 16.9 Å². The van der Waals surface area contributed by atoms with E-state index >= 15 is 0 Å². The average molecular weight is 478 g/mol. The minimum Gasteiger partial charge on any atom is -0.349 e. The first-order chi connectivity index (χ1) is 15.0. The number of benzene rings is 1. The number of hydrogen-bond donors (Lipinski definition) is 2. The lowest BCUT2D eigenvalue weighted by Gasteiger charge is -2.57. The number of amides is 1. The summed E-state index contributed by atoms with van der Waals surface area (Å²) in [6, 6.07) is 11.6. The van der Waals surface area contributed by atoms with Crippen LogP contribution in [0.5, 0.6) is 0 Å². The minimum atomic E-state index is -0.140. The maximum absolute atomic E-state index is 12.8. The van der Waals surface area contributed by atoms with Gasteiger partial charge >= 0.3 is 0 Å². The summed E-state index contributed by atoms with van der Waals surface area (Å²) < 4.78 is 2.56. The number of carbonyl (C=O) groups excluding carboxylic acids is 1. The van der Waals surface area contributed by atoms with Gasteiger partial charge in [0.2, 0.25) is 0 Å². The Morgan fingerprint density at radius 2 is 1.90 bits per heavy atom. The molecule has 0 saturated heterocycles. The fourth-order valence-corrected chi connectivity index (χ4v) is 6.03. The van der Waals surface area contributed by atoms with Crippen molar-refractivity contribution in [1.82, 2.24) is 25.1 Å². The normalized spacial score (nSPS) is 24.8. The molecule has 0 radical (unpaired) electrons. The molecule has 1 aromatic carbocycles. The number of H-pyrrole nitrogens is 1. The average Bonchev–Trinajstić information content (AvgIpc) is 3.15. The highest BCUT2D eigenvalue weighted by molar-refractivity contribution is 9.10. The maximum Gasteiger partial charge on any atom is 0.272 e. The number of rotatable bonds is 3. The van der Waals surface area contributed by atoms with Gasteiger partial charge in [-0.3, -0.25) is 9.59 Å². The zero-order chi connectivity index (χ0) is 21.2. The van der Waals surface area contributed by atoms with Gasteiger partial charge in [0.15, 0.2) is 0 Å². The molecule has 7 nitrogen and oxygen atoms in total. The van der Waals surface area contributed by atoms with Crippen molar-refractivity contribution in [2.24, 2.45) is 5.41 Å². The molecule has 0 aliphatic heterocycles. The lowest BCUT2D eigenvalue weighted by Crippen LogP contribution is -2.55. The number of fused-ring (bicyclic) bond motifs is 2. The predicted molar refractivity (Wildman–Crippen MR) is 120 cm³/mol. The molecule has 0 unspecified atom stereocenters.